The fourth-order valence-corrected chi connectivity index (χ4v) is 3.62. The first-order chi connectivity index (χ1) is 10.9. The van der Waals surface area contributed by atoms with Gasteiger partial charge in [-0.05, 0) is 26.0 Å². The normalized spacial score (nSPS) is 13.7. The molecule has 0 N–H and O–H groups in total. The van der Waals surface area contributed by atoms with Gasteiger partial charge in [0.2, 0.25) is 0 Å². The number of fused-ring (bicyclic) bond motifs is 3. The van der Waals surface area contributed by atoms with Gasteiger partial charge in [-0.15, -0.1) is 11.3 Å². The number of aromatic nitrogens is 3. The van der Waals surface area contributed by atoms with E-state index in [1.807, 2.05) is 25.1 Å². The second-order valence-corrected chi connectivity index (χ2v) is 6.59. The predicted octanol–water partition coefficient (Wildman–Crippen LogP) is 3.29. The van der Waals surface area contributed by atoms with Gasteiger partial charge in [-0.2, -0.15) is 0 Å². The number of thiophene rings is 1. The summed E-state index contributed by atoms with van der Waals surface area (Å²) in [5, 5.41) is 0.877. The van der Waals surface area contributed by atoms with E-state index in [1.165, 1.54) is 35.2 Å². The molecule has 3 aromatic heterocycles. The third kappa shape index (κ3) is 2.61. The van der Waals surface area contributed by atoms with Crippen LogP contribution in [0.25, 0.3) is 26.1 Å². The third-order valence-corrected chi connectivity index (χ3v) is 4.67. The van der Waals surface area contributed by atoms with E-state index in [1.54, 1.807) is 13.1 Å². The van der Waals surface area contributed by atoms with Crippen LogP contribution in [0.15, 0.2) is 29.5 Å². The number of hydrogen-bond donors (Lipinski definition) is 0. The number of nitrogens with zero attached hydrogens (tertiary/aromatic N) is 4. The van der Waals surface area contributed by atoms with Crippen LogP contribution < -0.4 is 10.5 Å². The highest BCUT2D eigenvalue weighted by Gasteiger charge is 2.16. The van der Waals surface area contributed by atoms with Crippen LogP contribution in [0.1, 0.15) is 13.8 Å². The molecule has 0 aliphatic rings. The van der Waals surface area contributed by atoms with Crippen molar-refractivity contribution in [1.82, 2.24) is 14.5 Å². The van der Waals surface area contributed by atoms with Crippen molar-refractivity contribution in [3.8, 4) is 0 Å². The Labute approximate surface area is 136 Å². The van der Waals surface area contributed by atoms with E-state index in [2.05, 4.69) is 9.97 Å². The first kappa shape index (κ1) is 15.6. The van der Waals surface area contributed by atoms with Gasteiger partial charge >= 0.3 is 0 Å². The minimum atomic E-state index is -1.12. The molecule has 3 rings (SSSR count). The van der Waals surface area contributed by atoms with Crippen LogP contribution in [-0.4, -0.2) is 34.8 Å². The van der Waals surface area contributed by atoms with Crippen molar-refractivity contribution in [3.63, 3.8) is 0 Å². The standard InChI is InChI=1S/C16H17FN4OS/c1-9(17)7-10(2)21-8-19-13-12-11(20(3)4)5-6-18-15(12)23-14(13)16(21)22/h5-9H,1-4H3/b10-7+. The molecular weight excluding hydrogens is 315 g/mol. The van der Waals surface area contributed by atoms with Crippen molar-refractivity contribution in [2.45, 2.75) is 20.0 Å². The fourth-order valence-electron chi connectivity index (χ4n) is 2.57. The Morgan fingerprint density at radius 3 is 2.83 bits per heavy atom. The average Bonchev–Trinajstić information content (AvgIpc) is 2.86. The molecule has 0 amide bonds. The second kappa shape index (κ2) is 5.73. The van der Waals surface area contributed by atoms with Gasteiger partial charge in [0.05, 0.1) is 16.6 Å². The average molecular weight is 332 g/mol. The topological polar surface area (TPSA) is 51.0 Å². The van der Waals surface area contributed by atoms with Crippen LogP contribution in [0.3, 0.4) is 0 Å². The number of rotatable bonds is 3. The van der Waals surface area contributed by atoms with E-state index in [-0.39, 0.29) is 5.56 Å². The molecule has 1 unspecified atom stereocenters. The number of halogens is 1. The van der Waals surface area contributed by atoms with E-state index in [0.717, 1.165) is 15.9 Å². The van der Waals surface area contributed by atoms with E-state index in [0.29, 0.717) is 15.9 Å². The van der Waals surface area contributed by atoms with Crippen molar-refractivity contribution in [3.05, 3.63) is 35.0 Å². The number of pyridine rings is 1. The molecule has 0 aliphatic heterocycles. The summed E-state index contributed by atoms with van der Waals surface area (Å²) in [5.41, 5.74) is 1.94. The van der Waals surface area contributed by atoms with Crippen LogP contribution in [-0.2, 0) is 0 Å². The summed E-state index contributed by atoms with van der Waals surface area (Å²) in [7, 11) is 3.88. The van der Waals surface area contributed by atoms with Gasteiger partial charge in [0.1, 0.15) is 22.0 Å². The molecule has 0 spiro atoms. The maximum absolute atomic E-state index is 13.2. The van der Waals surface area contributed by atoms with Crippen molar-refractivity contribution in [2.24, 2.45) is 0 Å². The third-order valence-electron chi connectivity index (χ3n) is 3.59. The molecule has 1 atom stereocenters. The molecule has 23 heavy (non-hydrogen) atoms. The van der Waals surface area contributed by atoms with Gasteiger partial charge in [0.25, 0.3) is 5.56 Å². The molecule has 3 heterocycles. The molecular formula is C16H17FN4OS. The minimum absolute atomic E-state index is 0.197. The largest absolute Gasteiger partial charge is 0.377 e. The lowest BCUT2D eigenvalue weighted by Gasteiger charge is -2.13. The number of hydrogen-bond acceptors (Lipinski definition) is 5. The molecule has 0 saturated carbocycles. The van der Waals surface area contributed by atoms with Crippen molar-refractivity contribution >= 4 is 43.2 Å². The Bertz CT molecular complexity index is 971. The van der Waals surface area contributed by atoms with Crippen LogP contribution >= 0.6 is 11.3 Å². The Kier molecular flexibility index (Phi) is 3.89. The summed E-state index contributed by atoms with van der Waals surface area (Å²) < 4.78 is 15.1. The zero-order chi connectivity index (χ0) is 16.7. The van der Waals surface area contributed by atoms with Crippen molar-refractivity contribution in [2.75, 3.05) is 19.0 Å². The summed E-state index contributed by atoms with van der Waals surface area (Å²) >= 11 is 1.32. The molecule has 0 fully saturated rings. The van der Waals surface area contributed by atoms with Gasteiger partial charge in [-0.3, -0.25) is 9.36 Å². The fraction of sp³-hybridized carbons (Fsp3) is 0.312. The molecule has 120 valence electrons. The lowest BCUT2D eigenvalue weighted by Crippen LogP contribution is -2.18. The second-order valence-electron chi connectivity index (χ2n) is 5.59. The van der Waals surface area contributed by atoms with Gasteiger partial charge < -0.3 is 4.90 Å². The summed E-state index contributed by atoms with van der Waals surface area (Å²) in [6.45, 7) is 3.12. The quantitative estimate of drug-likeness (QED) is 0.738. The highest BCUT2D eigenvalue weighted by atomic mass is 32.1. The molecule has 0 aromatic carbocycles. The molecule has 0 saturated heterocycles. The zero-order valence-electron chi connectivity index (χ0n) is 13.4. The molecule has 7 heteroatoms. The summed E-state index contributed by atoms with van der Waals surface area (Å²) in [5.74, 6) is 0. The molecule has 0 radical (unpaired) electrons. The number of allylic oxidation sites excluding steroid dienone is 2. The Hall–Kier alpha value is -2.28. The summed E-state index contributed by atoms with van der Waals surface area (Å²) in [6, 6.07) is 1.90. The van der Waals surface area contributed by atoms with E-state index >= 15 is 0 Å². The zero-order valence-corrected chi connectivity index (χ0v) is 14.2. The Balaban J connectivity index is 2.34. The highest BCUT2D eigenvalue weighted by Crippen LogP contribution is 2.35. The summed E-state index contributed by atoms with van der Waals surface area (Å²) in [4.78, 5) is 24.3. The molecule has 0 bridgehead atoms. The van der Waals surface area contributed by atoms with Crippen molar-refractivity contribution < 1.29 is 4.39 Å². The lowest BCUT2D eigenvalue weighted by atomic mass is 10.2. The Morgan fingerprint density at radius 1 is 1.43 bits per heavy atom. The SMILES string of the molecule is C/C(=C\C(C)F)n1cnc2c(sc3nccc(N(C)C)c32)c1=O. The predicted molar refractivity (Wildman–Crippen MR) is 94.0 cm³/mol. The van der Waals surface area contributed by atoms with Gasteiger partial charge in [-0.1, -0.05) is 0 Å². The van der Waals surface area contributed by atoms with Crippen LogP contribution in [0.5, 0.6) is 0 Å². The van der Waals surface area contributed by atoms with Crippen LogP contribution in [0.4, 0.5) is 10.1 Å². The van der Waals surface area contributed by atoms with Gasteiger partial charge in [0.15, 0.2) is 0 Å². The monoisotopic (exact) mass is 332 g/mol. The van der Waals surface area contributed by atoms with Crippen LogP contribution in [0.2, 0.25) is 0 Å². The summed E-state index contributed by atoms with van der Waals surface area (Å²) in [6.07, 6.45) is 3.45. The molecule has 0 aliphatic carbocycles. The smallest absolute Gasteiger partial charge is 0.275 e. The maximum Gasteiger partial charge on any atom is 0.275 e. The number of alkyl halides is 1. The lowest BCUT2D eigenvalue weighted by molar-refractivity contribution is 0.430. The molecule has 3 aromatic rings. The molecule has 5 nitrogen and oxygen atoms in total. The van der Waals surface area contributed by atoms with Gasteiger partial charge in [-0.25, -0.2) is 14.4 Å². The van der Waals surface area contributed by atoms with Crippen LogP contribution in [0, 0.1) is 0 Å². The van der Waals surface area contributed by atoms with Gasteiger partial charge in [0, 0.05) is 26.0 Å². The van der Waals surface area contributed by atoms with E-state index in [9.17, 15) is 9.18 Å². The number of anilines is 1. The highest BCUT2D eigenvalue weighted by molar-refractivity contribution is 7.25. The van der Waals surface area contributed by atoms with E-state index in [4.69, 9.17) is 0 Å². The Morgan fingerprint density at radius 2 is 2.17 bits per heavy atom. The van der Waals surface area contributed by atoms with E-state index < -0.39 is 6.17 Å². The van der Waals surface area contributed by atoms with Crippen molar-refractivity contribution in [1.29, 1.82) is 0 Å². The first-order valence-corrected chi connectivity index (χ1v) is 8.01. The maximum atomic E-state index is 13.2. The minimum Gasteiger partial charge on any atom is -0.377 e. The first-order valence-electron chi connectivity index (χ1n) is 7.19.